The van der Waals surface area contributed by atoms with Gasteiger partial charge in [0.2, 0.25) is 0 Å². The first-order valence-electron chi connectivity index (χ1n) is 7.56. The van der Waals surface area contributed by atoms with Crippen LogP contribution in [0.1, 0.15) is 40.0 Å². The maximum Gasteiger partial charge on any atom is 0.180 e. The monoisotopic (exact) mass is 348 g/mol. The molecule has 0 aliphatic heterocycles. The molecule has 0 heterocycles. The zero-order valence-corrected chi connectivity index (χ0v) is 14.1. The van der Waals surface area contributed by atoms with Crippen LogP contribution in [0.2, 0.25) is 0 Å². The smallest absolute Gasteiger partial charge is 0.180 e. The largest absolute Gasteiger partial charge is 0.293 e. The molecule has 0 spiro atoms. The average molecular weight is 349 g/mol. The van der Waals surface area contributed by atoms with Gasteiger partial charge in [0.15, 0.2) is 11.6 Å². The van der Waals surface area contributed by atoms with Crippen molar-refractivity contribution in [3.05, 3.63) is 71.8 Å². The molecule has 2 aromatic carbocycles. The minimum Gasteiger partial charge on any atom is -0.293 e. The molecular weight excluding hydrogens is 331 g/mol. The van der Waals surface area contributed by atoms with Crippen LogP contribution in [0.5, 0.6) is 0 Å². The van der Waals surface area contributed by atoms with Gasteiger partial charge in [-0.15, -0.1) is 23.2 Å². The standard InChI is InChI=1S/C19H18Cl2O2/c20-16(18(22)14-8-3-1-4-9-14)12-7-13-17(21)19(23)15-10-5-2-6-11-15/h1-6,8-11,16-17H,7,12-13H2. The summed E-state index contributed by atoms with van der Waals surface area (Å²) in [6, 6.07) is 18.0. The molecule has 0 aliphatic carbocycles. The summed E-state index contributed by atoms with van der Waals surface area (Å²) in [6.45, 7) is 0. The molecule has 23 heavy (non-hydrogen) atoms. The highest BCUT2D eigenvalue weighted by Crippen LogP contribution is 2.19. The van der Waals surface area contributed by atoms with Crippen LogP contribution < -0.4 is 0 Å². The van der Waals surface area contributed by atoms with Crippen molar-refractivity contribution in [2.75, 3.05) is 0 Å². The van der Waals surface area contributed by atoms with Crippen LogP contribution >= 0.6 is 23.2 Å². The molecule has 2 rings (SSSR count). The maximum atomic E-state index is 12.1. The Morgan fingerprint density at radius 1 is 0.696 bits per heavy atom. The molecule has 0 aliphatic rings. The number of ketones is 2. The Kier molecular flexibility index (Phi) is 6.82. The Morgan fingerprint density at radius 3 is 1.39 bits per heavy atom. The molecule has 0 saturated carbocycles. The number of carbonyl (C=O) groups excluding carboxylic acids is 2. The number of halogens is 2. The average Bonchev–Trinajstić information content (AvgIpc) is 2.61. The molecule has 2 nitrogen and oxygen atoms in total. The summed E-state index contributed by atoms with van der Waals surface area (Å²) in [5.41, 5.74) is 1.21. The van der Waals surface area contributed by atoms with Crippen molar-refractivity contribution in [1.82, 2.24) is 0 Å². The fraction of sp³-hybridized carbons (Fsp3) is 0.263. The lowest BCUT2D eigenvalue weighted by atomic mass is 10.0. The van der Waals surface area contributed by atoms with Crippen molar-refractivity contribution in [3.8, 4) is 0 Å². The number of carbonyl (C=O) groups is 2. The lowest BCUT2D eigenvalue weighted by Crippen LogP contribution is -2.18. The molecule has 2 atom stereocenters. The highest BCUT2D eigenvalue weighted by molar-refractivity contribution is 6.34. The van der Waals surface area contributed by atoms with E-state index >= 15 is 0 Å². The number of benzene rings is 2. The first-order valence-corrected chi connectivity index (χ1v) is 8.43. The molecule has 0 aromatic heterocycles. The van der Waals surface area contributed by atoms with Gasteiger partial charge in [0.05, 0.1) is 10.8 Å². The van der Waals surface area contributed by atoms with Crippen molar-refractivity contribution in [3.63, 3.8) is 0 Å². The van der Waals surface area contributed by atoms with E-state index in [-0.39, 0.29) is 11.6 Å². The zero-order valence-electron chi connectivity index (χ0n) is 12.6. The Labute approximate surface area is 146 Å². The van der Waals surface area contributed by atoms with Crippen LogP contribution in [-0.2, 0) is 0 Å². The Balaban J connectivity index is 1.80. The van der Waals surface area contributed by atoms with Gasteiger partial charge in [0.25, 0.3) is 0 Å². The van der Waals surface area contributed by atoms with Gasteiger partial charge < -0.3 is 0 Å². The van der Waals surface area contributed by atoms with Gasteiger partial charge in [-0.05, 0) is 19.3 Å². The number of rotatable bonds is 8. The number of alkyl halides is 2. The number of Topliss-reactive ketones (excluding diaryl/α,β-unsaturated/α-hetero) is 2. The third-order valence-electron chi connectivity index (χ3n) is 3.60. The van der Waals surface area contributed by atoms with Crippen LogP contribution in [0.4, 0.5) is 0 Å². The van der Waals surface area contributed by atoms with E-state index < -0.39 is 10.8 Å². The third kappa shape index (κ3) is 5.19. The van der Waals surface area contributed by atoms with Gasteiger partial charge in [-0.2, -0.15) is 0 Å². The van der Waals surface area contributed by atoms with Gasteiger partial charge in [-0.25, -0.2) is 0 Å². The molecule has 2 aromatic rings. The molecule has 4 heteroatoms. The second kappa shape index (κ2) is 8.85. The SMILES string of the molecule is O=C(c1ccccc1)C(Cl)CCCC(Cl)C(=O)c1ccccc1. The number of hydrogen-bond acceptors (Lipinski definition) is 2. The fourth-order valence-electron chi connectivity index (χ4n) is 2.30. The van der Waals surface area contributed by atoms with Crippen LogP contribution in [0, 0.1) is 0 Å². The molecular formula is C19H18Cl2O2. The summed E-state index contributed by atoms with van der Waals surface area (Å²) in [7, 11) is 0. The molecule has 0 saturated heterocycles. The summed E-state index contributed by atoms with van der Waals surface area (Å²) in [6.07, 6.45) is 1.63. The zero-order chi connectivity index (χ0) is 16.7. The predicted octanol–water partition coefficient (Wildman–Crippen LogP) is 5.14. The van der Waals surface area contributed by atoms with E-state index in [1.165, 1.54) is 0 Å². The van der Waals surface area contributed by atoms with Crippen molar-refractivity contribution in [1.29, 1.82) is 0 Å². The maximum absolute atomic E-state index is 12.1. The summed E-state index contributed by atoms with van der Waals surface area (Å²) in [4.78, 5) is 24.3. The van der Waals surface area contributed by atoms with E-state index in [1.54, 1.807) is 24.3 Å². The lowest BCUT2D eigenvalue weighted by molar-refractivity contribution is 0.0982. The normalized spacial score (nSPS) is 13.3. The number of hydrogen-bond donors (Lipinski definition) is 0. The molecule has 0 N–H and O–H groups in total. The minimum absolute atomic E-state index is 0.0900. The first-order chi connectivity index (χ1) is 11.1. The predicted molar refractivity (Wildman–Crippen MR) is 94.7 cm³/mol. The summed E-state index contributed by atoms with van der Waals surface area (Å²) in [5, 5.41) is -1.18. The molecule has 2 unspecified atom stereocenters. The third-order valence-corrected chi connectivity index (χ3v) is 4.43. The fourth-order valence-corrected chi connectivity index (χ4v) is 2.87. The van der Waals surface area contributed by atoms with Crippen LogP contribution in [0.25, 0.3) is 0 Å². The molecule has 0 amide bonds. The second-order valence-corrected chi connectivity index (χ2v) is 6.38. The topological polar surface area (TPSA) is 34.1 Å². The Bertz CT molecular complexity index is 583. The Hall–Kier alpha value is -1.64. The van der Waals surface area contributed by atoms with Gasteiger partial charge in [-0.3, -0.25) is 9.59 Å². The molecule has 0 fully saturated rings. The van der Waals surface area contributed by atoms with Crippen LogP contribution in [-0.4, -0.2) is 22.3 Å². The van der Waals surface area contributed by atoms with Crippen molar-refractivity contribution in [2.45, 2.75) is 30.0 Å². The highest BCUT2D eigenvalue weighted by atomic mass is 35.5. The molecule has 0 radical (unpaired) electrons. The summed E-state index contributed by atoms with van der Waals surface area (Å²) in [5.74, 6) is -0.180. The van der Waals surface area contributed by atoms with Crippen LogP contribution in [0.15, 0.2) is 60.7 Å². The van der Waals surface area contributed by atoms with Gasteiger partial charge in [-0.1, -0.05) is 60.7 Å². The molecule has 0 bridgehead atoms. The van der Waals surface area contributed by atoms with E-state index in [1.807, 2.05) is 36.4 Å². The summed E-state index contributed by atoms with van der Waals surface area (Å²) >= 11 is 12.3. The van der Waals surface area contributed by atoms with Crippen LogP contribution in [0.3, 0.4) is 0 Å². The first kappa shape index (κ1) is 17.7. The minimum atomic E-state index is -0.590. The quantitative estimate of drug-likeness (QED) is 0.489. The highest BCUT2D eigenvalue weighted by Gasteiger charge is 2.20. The van der Waals surface area contributed by atoms with Crippen molar-refractivity contribution in [2.24, 2.45) is 0 Å². The van der Waals surface area contributed by atoms with E-state index in [9.17, 15) is 9.59 Å². The van der Waals surface area contributed by atoms with Gasteiger partial charge >= 0.3 is 0 Å². The molecule has 120 valence electrons. The summed E-state index contributed by atoms with van der Waals surface area (Å²) < 4.78 is 0. The van der Waals surface area contributed by atoms with E-state index in [2.05, 4.69) is 0 Å². The van der Waals surface area contributed by atoms with E-state index in [0.29, 0.717) is 30.4 Å². The van der Waals surface area contributed by atoms with Crippen molar-refractivity contribution < 1.29 is 9.59 Å². The van der Waals surface area contributed by atoms with Gasteiger partial charge in [0.1, 0.15) is 0 Å². The van der Waals surface area contributed by atoms with E-state index in [0.717, 1.165) is 0 Å². The van der Waals surface area contributed by atoms with Gasteiger partial charge in [0, 0.05) is 11.1 Å². The van der Waals surface area contributed by atoms with Crippen molar-refractivity contribution >= 4 is 34.8 Å². The van der Waals surface area contributed by atoms with E-state index in [4.69, 9.17) is 23.2 Å². The lowest BCUT2D eigenvalue weighted by Gasteiger charge is -2.11. The Morgan fingerprint density at radius 2 is 1.04 bits per heavy atom. The second-order valence-electron chi connectivity index (χ2n) is 5.33.